The van der Waals surface area contributed by atoms with Crippen LogP contribution in [-0.2, 0) is 7.05 Å². The minimum absolute atomic E-state index is 0.218. The largest absolute Gasteiger partial charge is 0.397 e. The second-order valence-electron chi connectivity index (χ2n) is 4.93. The lowest BCUT2D eigenvalue weighted by molar-refractivity contribution is -0.138. The summed E-state index contributed by atoms with van der Waals surface area (Å²) in [5.41, 5.74) is 6.88. The maximum atomic E-state index is 12.3. The van der Waals surface area contributed by atoms with Gasteiger partial charge in [-0.1, -0.05) is 0 Å². The predicted molar refractivity (Wildman–Crippen MR) is 75.3 cm³/mol. The zero-order chi connectivity index (χ0) is 15.9. The molecule has 0 aromatic carbocycles. The van der Waals surface area contributed by atoms with E-state index in [1.807, 2.05) is 0 Å². The van der Waals surface area contributed by atoms with Crippen LogP contribution in [0, 0.1) is 6.92 Å². The SMILES string of the molecule is Cc1nn(C)c2sc(C(=O)NC(C)CC(F)(F)F)c(N)c12. The minimum Gasteiger partial charge on any atom is -0.397 e. The van der Waals surface area contributed by atoms with E-state index in [-0.39, 0.29) is 10.6 Å². The molecule has 2 aromatic rings. The molecule has 0 bridgehead atoms. The molecule has 0 radical (unpaired) electrons. The number of amides is 1. The number of carbonyl (C=O) groups excluding carboxylic acids is 1. The van der Waals surface area contributed by atoms with Crippen LogP contribution in [0.4, 0.5) is 18.9 Å². The monoisotopic (exact) mass is 320 g/mol. The van der Waals surface area contributed by atoms with Gasteiger partial charge in [0.15, 0.2) is 0 Å². The van der Waals surface area contributed by atoms with Gasteiger partial charge in [-0.3, -0.25) is 9.48 Å². The van der Waals surface area contributed by atoms with Crippen molar-refractivity contribution < 1.29 is 18.0 Å². The summed E-state index contributed by atoms with van der Waals surface area (Å²) in [5, 5.41) is 7.19. The van der Waals surface area contributed by atoms with Crippen LogP contribution in [0.2, 0.25) is 0 Å². The van der Waals surface area contributed by atoms with Gasteiger partial charge in [0.1, 0.15) is 9.71 Å². The molecule has 0 aliphatic carbocycles. The number of nitrogens with zero attached hydrogens (tertiary/aromatic N) is 2. The Kier molecular flexibility index (Phi) is 3.87. The third-order valence-electron chi connectivity index (χ3n) is 3.00. The quantitative estimate of drug-likeness (QED) is 0.913. The van der Waals surface area contributed by atoms with E-state index in [0.717, 1.165) is 16.2 Å². The van der Waals surface area contributed by atoms with Crippen LogP contribution in [0.5, 0.6) is 0 Å². The first-order chi connectivity index (χ1) is 9.60. The van der Waals surface area contributed by atoms with Crippen LogP contribution >= 0.6 is 11.3 Å². The molecular formula is C12H15F3N4OS. The second-order valence-corrected chi connectivity index (χ2v) is 5.93. The highest BCUT2D eigenvalue weighted by Crippen LogP contribution is 2.35. The highest BCUT2D eigenvalue weighted by atomic mass is 32.1. The number of nitrogens with two attached hydrogens (primary N) is 1. The van der Waals surface area contributed by atoms with Crippen LogP contribution in [-0.4, -0.2) is 27.9 Å². The molecule has 0 fully saturated rings. The van der Waals surface area contributed by atoms with Crippen molar-refractivity contribution in [2.45, 2.75) is 32.5 Å². The van der Waals surface area contributed by atoms with Crippen LogP contribution in [0.25, 0.3) is 10.2 Å². The Morgan fingerprint density at radius 3 is 2.67 bits per heavy atom. The third kappa shape index (κ3) is 3.12. The number of carbonyl (C=O) groups is 1. The van der Waals surface area contributed by atoms with Crippen molar-refractivity contribution in [1.82, 2.24) is 15.1 Å². The number of alkyl halides is 3. The normalized spacial score (nSPS) is 13.6. The van der Waals surface area contributed by atoms with Crippen LogP contribution in [0.15, 0.2) is 0 Å². The lowest BCUT2D eigenvalue weighted by atomic mass is 10.2. The Balaban J connectivity index is 2.24. The summed E-state index contributed by atoms with van der Waals surface area (Å²) in [7, 11) is 1.72. The molecule has 9 heteroatoms. The second kappa shape index (κ2) is 5.21. The van der Waals surface area contributed by atoms with E-state index in [0.29, 0.717) is 11.1 Å². The lowest BCUT2D eigenvalue weighted by Gasteiger charge is -2.15. The van der Waals surface area contributed by atoms with Gasteiger partial charge in [0.2, 0.25) is 0 Å². The fraction of sp³-hybridized carbons (Fsp3) is 0.500. The molecule has 3 N–H and O–H groups in total. The number of aryl methyl sites for hydroxylation is 2. The van der Waals surface area contributed by atoms with Crippen molar-refractivity contribution in [3.8, 4) is 0 Å². The van der Waals surface area contributed by atoms with Crippen molar-refractivity contribution in [3.63, 3.8) is 0 Å². The van der Waals surface area contributed by atoms with E-state index in [1.165, 1.54) is 6.92 Å². The average Bonchev–Trinajstić information content (AvgIpc) is 2.76. The summed E-state index contributed by atoms with van der Waals surface area (Å²) in [6, 6.07) is -1.01. The molecule has 0 aliphatic rings. The molecule has 5 nitrogen and oxygen atoms in total. The molecule has 0 aliphatic heterocycles. The molecule has 2 rings (SSSR count). The lowest BCUT2D eigenvalue weighted by Crippen LogP contribution is -2.35. The zero-order valence-electron chi connectivity index (χ0n) is 11.7. The summed E-state index contributed by atoms with van der Waals surface area (Å²) in [6.45, 7) is 3.07. The average molecular weight is 320 g/mol. The molecular weight excluding hydrogens is 305 g/mol. The van der Waals surface area contributed by atoms with Crippen molar-refractivity contribution in [3.05, 3.63) is 10.6 Å². The first kappa shape index (κ1) is 15.6. The van der Waals surface area contributed by atoms with Gasteiger partial charge < -0.3 is 11.1 Å². The van der Waals surface area contributed by atoms with Gasteiger partial charge in [0.25, 0.3) is 5.91 Å². The van der Waals surface area contributed by atoms with E-state index in [2.05, 4.69) is 10.4 Å². The molecule has 0 spiro atoms. The Morgan fingerprint density at radius 1 is 1.52 bits per heavy atom. The Bertz CT molecular complexity index is 689. The fourth-order valence-electron chi connectivity index (χ4n) is 2.19. The minimum atomic E-state index is -4.32. The number of anilines is 1. The maximum absolute atomic E-state index is 12.3. The fourth-order valence-corrected chi connectivity index (χ4v) is 3.28. The number of fused-ring (bicyclic) bond motifs is 1. The highest BCUT2D eigenvalue weighted by molar-refractivity contribution is 7.21. The maximum Gasteiger partial charge on any atom is 0.391 e. The van der Waals surface area contributed by atoms with Crippen molar-refractivity contribution in [1.29, 1.82) is 0 Å². The van der Waals surface area contributed by atoms with Gasteiger partial charge in [0.05, 0.1) is 23.2 Å². The summed E-state index contributed by atoms with van der Waals surface area (Å²) >= 11 is 1.12. The number of halogens is 3. The van der Waals surface area contributed by atoms with Gasteiger partial charge in [-0.25, -0.2) is 0 Å². The molecule has 1 atom stereocenters. The molecule has 1 amide bonds. The van der Waals surface area contributed by atoms with Gasteiger partial charge in [0, 0.05) is 13.1 Å². The zero-order valence-corrected chi connectivity index (χ0v) is 12.5. The number of rotatable bonds is 3. The van der Waals surface area contributed by atoms with Crippen molar-refractivity contribution in [2.75, 3.05) is 5.73 Å². The molecule has 1 unspecified atom stereocenters. The van der Waals surface area contributed by atoms with Crippen molar-refractivity contribution in [2.24, 2.45) is 7.05 Å². The molecule has 116 valence electrons. The van der Waals surface area contributed by atoms with Gasteiger partial charge in [-0.05, 0) is 13.8 Å². The van der Waals surface area contributed by atoms with Gasteiger partial charge in [-0.2, -0.15) is 18.3 Å². The molecule has 21 heavy (non-hydrogen) atoms. The number of nitrogens with one attached hydrogen (secondary N) is 1. The van der Waals surface area contributed by atoms with Gasteiger partial charge in [-0.15, -0.1) is 11.3 Å². The summed E-state index contributed by atoms with van der Waals surface area (Å²) in [6.07, 6.45) is -5.40. The van der Waals surface area contributed by atoms with Crippen LogP contribution in [0.3, 0.4) is 0 Å². The smallest absolute Gasteiger partial charge is 0.391 e. The topological polar surface area (TPSA) is 72.9 Å². The third-order valence-corrected chi connectivity index (χ3v) is 4.27. The van der Waals surface area contributed by atoms with E-state index in [4.69, 9.17) is 5.73 Å². The standard InChI is InChI=1S/C12H15F3N4OS/c1-5(4-12(13,14)15)17-10(20)9-8(16)7-6(2)18-19(3)11(7)21-9/h5H,4,16H2,1-3H3,(H,17,20). The number of hydrogen-bond donors (Lipinski definition) is 2. The molecule has 0 saturated carbocycles. The predicted octanol–water partition coefficient (Wildman–Crippen LogP) is 2.60. The summed E-state index contributed by atoms with van der Waals surface area (Å²) in [5.74, 6) is -0.593. The number of thiophene rings is 1. The van der Waals surface area contributed by atoms with Gasteiger partial charge >= 0.3 is 6.18 Å². The summed E-state index contributed by atoms with van der Waals surface area (Å²) < 4.78 is 38.4. The van der Waals surface area contributed by atoms with E-state index >= 15 is 0 Å². The van der Waals surface area contributed by atoms with Crippen LogP contribution in [0.1, 0.15) is 28.7 Å². The van der Waals surface area contributed by atoms with E-state index < -0.39 is 24.5 Å². The Morgan fingerprint density at radius 2 is 2.14 bits per heavy atom. The van der Waals surface area contributed by atoms with Crippen LogP contribution < -0.4 is 11.1 Å². The van der Waals surface area contributed by atoms with E-state index in [9.17, 15) is 18.0 Å². The van der Waals surface area contributed by atoms with Crippen molar-refractivity contribution >= 4 is 33.1 Å². The first-order valence-electron chi connectivity index (χ1n) is 6.19. The summed E-state index contributed by atoms with van der Waals surface area (Å²) in [4.78, 5) is 13.0. The molecule has 2 aromatic heterocycles. The number of hydrogen-bond acceptors (Lipinski definition) is 4. The Hall–Kier alpha value is -1.77. The highest BCUT2D eigenvalue weighted by Gasteiger charge is 2.31. The number of nitrogen functional groups attached to an aromatic ring is 1. The first-order valence-corrected chi connectivity index (χ1v) is 7.01. The number of aromatic nitrogens is 2. The van der Waals surface area contributed by atoms with E-state index in [1.54, 1.807) is 18.7 Å². The molecule has 0 saturated heterocycles. The molecule has 2 heterocycles. The Labute approximate surface area is 122 Å².